The van der Waals surface area contributed by atoms with Crippen molar-refractivity contribution in [3.05, 3.63) is 0 Å². The van der Waals surface area contributed by atoms with Crippen LogP contribution >= 0.6 is 35.7 Å². The van der Waals surface area contributed by atoms with Crippen LogP contribution in [0.15, 0.2) is 39.1 Å². The summed E-state index contributed by atoms with van der Waals surface area (Å²) in [6.07, 6.45) is 11.1. The Morgan fingerprint density at radius 1 is 0.506 bits per heavy atom. The summed E-state index contributed by atoms with van der Waals surface area (Å²) in [7, 11) is 2.10. The number of hydrogen-bond donors (Lipinski definition) is 0. The lowest BCUT2D eigenvalue weighted by atomic mass is 10.1. The molecule has 0 radical (unpaired) electrons. The van der Waals surface area contributed by atoms with Crippen molar-refractivity contribution in [3.8, 4) is 0 Å². The molecule has 0 fully saturated rings. The minimum absolute atomic E-state index is 0.343. The van der Waals surface area contributed by atoms with Crippen LogP contribution in [0.4, 0.5) is 0 Å². The Bertz CT molecular complexity index is 1340. The Labute approximate surface area is 520 Å². The number of thioether (sulfide) groups is 1. The quantitative estimate of drug-likeness (QED) is 0.221. The van der Waals surface area contributed by atoms with Gasteiger partial charge in [-0.25, -0.2) is 8.80 Å². The Hall–Kier alpha value is -2.39. The Balaban J connectivity index is -0.000000121. The van der Waals surface area contributed by atoms with Crippen LogP contribution in [0.1, 0.15) is 260 Å². The zero-order chi connectivity index (χ0) is 64.7. The molecular weight excluding hydrogens is 1060 g/mol. The van der Waals surface area contributed by atoms with Crippen molar-refractivity contribution in [2.24, 2.45) is 86.4 Å². The van der Waals surface area contributed by atoms with Gasteiger partial charge in [0.1, 0.15) is 25.2 Å². The number of nitrogens with zero attached hydrogens (tertiary/aromatic N) is 9. The van der Waals surface area contributed by atoms with E-state index in [1.165, 1.54) is 65.2 Å². The topological polar surface area (TPSA) is 130 Å². The van der Waals surface area contributed by atoms with Crippen molar-refractivity contribution in [2.45, 2.75) is 271 Å². The summed E-state index contributed by atoms with van der Waals surface area (Å²) in [4.78, 5) is 29.2. The van der Waals surface area contributed by atoms with Crippen molar-refractivity contribution < 1.29 is 14.4 Å². The highest BCUT2D eigenvalue weighted by molar-refractivity contribution is 8.14. The predicted molar refractivity (Wildman–Crippen MR) is 384 cm³/mol. The molecule has 0 N–H and O–H groups in total. The van der Waals surface area contributed by atoms with Crippen LogP contribution in [0, 0.1) is 47.3 Å². The average molecular weight is 1210 g/mol. The first kappa shape index (κ1) is 95.0. The molecule has 8 aliphatic heterocycles. The van der Waals surface area contributed by atoms with Crippen LogP contribution in [0.2, 0.25) is 0 Å². The summed E-state index contributed by atoms with van der Waals surface area (Å²) in [5, 5.41) is 9.61. The first-order valence-electron chi connectivity index (χ1n) is 32.7. The number of rotatable bonds is 8. The standard InChI is InChI=1S/C7H14N2.C7H13N.3C6H11NO.3C6H11NS.8C2H6/c1-6(2)7-8-4-5-9(7)3;1-6(2)7-4-3-5-8-7;1-5(2)6-7-3-4-8-6;1-5(2)6-3-4-8-7-6;1-5(2)6-3-4-7-8-6;1-5(2)6-7-3-4-8-6;1-5(2)6-3-4-8-7-6;1-5(2)6-3-4-7-8-6;8*1-2/h6H,4-5H2,1-3H3;6H,3-5H2,1-2H3;2*5H,3-4H2,1-2H3;4-6H,3H2,1-2H3;2*5H,3-4H2,1-2H3;4-6H,3H2,1-2H3;8*1-2H3. The van der Waals surface area contributed by atoms with Crippen molar-refractivity contribution >= 4 is 82.0 Å². The van der Waals surface area contributed by atoms with Gasteiger partial charge in [-0.15, -0.1) is 11.8 Å². The van der Waals surface area contributed by atoms with Crippen LogP contribution in [-0.2, 0) is 14.4 Å². The van der Waals surface area contributed by atoms with E-state index in [0.717, 1.165) is 75.8 Å². The zero-order valence-corrected chi connectivity index (χ0v) is 62.5. The summed E-state index contributed by atoms with van der Waals surface area (Å²) >= 11 is 5.32. The third kappa shape index (κ3) is 56.5. The van der Waals surface area contributed by atoms with E-state index in [0.29, 0.717) is 47.5 Å². The fraction of sp³-hybridized carbons (Fsp3) is 0.879. The molecule has 8 aliphatic rings. The summed E-state index contributed by atoms with van der Waals surface area (Å²) in [5.74, 6) is 9.61. The lowest BCUT2D eigenvalue weighted by Gasteiger charge is -2.15. The van der Waals surface area contributed by atoms with Crippen LogP contribution in [-0.4, -0.2) is 127 Å². The number of aliphatic imine (C=N–C) groups is 4. The van der Waals surface area contributed by atoms with Gasteiger partial charge >= 0.3 is 0 Å². The number of amidine groups is 1. The second-order valence-corrected chi connectivity index (χ2v) is 22.3. The normalized spacial score (nSPS) is 17.6. The molecule has 0 saturated heterocycles. The van der Waals surface area contributed by atoms with Gasteiger partial charge in [-0.2, -0.15) is 0 Å². The maximum Gasteiger partial charge on any atom is 0.186 e. The van der Waals surface area contributed by atoms with Gasteiger partial charge in [-0.3, -0.25) is 20.0 Å². The molecule has 8 rings (SSSR count). The van der Waals surface area contributed by atoms with Gasteiger partial charge in [0.05, 0.1) is 23.8 Å². The SMILES string of the molecule is CC.CC.CC.CC.CC.CC.CC.CC.CC(C)C1=NCCC1.CC(C)C1=NCCN1C.CC(C)C1=NCCO1.CC(C)C1=NCCS1.CC(C)C1=NOCC1.CC(C)C1=NSCC1.CC(C)C1CC=NO1.CC(C)C1CC=NS1. The van der Waals surface area contributed by atoms with E-state index in [4.69, 9.17) is 14.4 Å². The first-order chi connectivity index (χ1) is 38.8. The van der Waals surface area contributed by atoms with Crippen molar-refractivity contribution in [2.75, 3.05) is 64.5 Å². The third-order valence-electron chi connectivity index (χ3n) is 10.7. The molecule has 81 heavy (non-hydrogen) atoms. The van der Waals surface area contributed by atoms with E-state index in [-0.39, 0.29) is 0 Å². The van der Waals surface area contributed by atoms with Gasteiger partial charge in [-0.1, -0.05) is 232 Å². The van der Waals surface area contributed by atoms with Gasteiger partial charge in [0, 0.05) is 97.9 Å². The second-order valence-electron chi connectivity index (χ2n) is 19.4. The molecule has 15 heteroatoms. The van der Waals surface area contributed by atoms with E-state index in [1.54, 1.807) is 23.9 Å². The molecule has 486 valence electrons. The van der Waals surface area contributed by atoms with Gasteiger partial charge in [0.2, 0.25) is 0 Å². The first-order valence-corrected chi connectivity index (χ1v) is 35.5. The lowest BCUT2D eigenvalue weighted by Crippen LogP contribution is -2.26. The third-order valence-corrected chi connectivity index (χ3v) is 14.0. The number of hydrogen-bond acceptors (Lipinski definition) is 15. The van der Waals surface area contributed by atoms with Crippen LogP contribution in [0.3, 0.4) is 0 Å². The molecule has 12 nitrogen and oxygen atoms in total. The van der Waals surface area contributed by atoms with Gasteiger partial charge in [0.15, 0.2) is 5.90 Å². The number of oxime groups is 2. The largest absolute Gasteiger partial charge is 0.479 e. The summed E-state index contributed by atoms with van der Waals surface area (Å²) in [5.41, 5.74) is 4.00. The molecule has 0 aliphatic carbocycles. The predicted octanol–water partition coefficient (Wildman–Crippen LogP) is 21.0. The average Bonchev–Trinajstić information content (AvgIpc) is 4.33. The highest BCUT2D eigenvalue weighted by Gasteiger charge is 2.18. The molecule has 0 spiro atoms. The van der Waals surface area contributed by atoms with E-state index in [9.17, 15) is 0 Å². The molecule has 0 aromatic heterocycles. The number of ether oxygens (including phenoxy) is 1. The van der Waals surface area contributed by atoms with Crippen molar-refractivity contribution in [1.29, 1.82) is 0 Å². The van der Waals surface area contributed by atoms with Gasteiger partial charge < -0.3 is 19.3 Å². The van der Waals surface area contributed by atoms with Crippen molar-refractivity contribution in [1.82, 2.24) is 4.90 Å². The summed E-state index contributed by atoms with van der Waals surface area (Å²) in [6, 6.07) is 0. The fourth-order valence-corrected chi connectivity index (χ4v) is 8.97. The Kier molecular flexibility index (Phi) is 84.3. The fourth-order valence-electron chi connectivity index (χ4n) is 6.46. The van der Waals surface area contributed by atoms with E-state index in [1.807, 2.05) is 135 Å². The molecule has 8 heterocycles. The lowest BCUT2D eigenvalue weighted by molar-refractivity contribution is 0.0521. The monoisotopic (exact) mass is 1200 g/mol. The van der Waals surface area contributed by atoms with Crippen LogP contribution < -0.4 is 0 Å². The van der Waals surface area contributed by atoms with Crippen LogP contribution in [0.5, 0.6) is 0 Å². The maximum absolute atomic E-state index is 5.16. The van der Waals surface area contributed by atoms with Crippen molar-refractivity contribution in [3.63, 3.8) is 0 Å². The minimum atomic E-state index is 0.343. The highest BCUT2D eigenvalue weighted by Crippen LogP contribution is 2.27. The van der Waals surface area contributed by atoms with E-state index in [2.05, 4.69) is 162 Å². The van der Waals surface area contributed by atoms with Gasteiger partial charge in [0.25, 0.3) is 0 Å². The highest BCUT2D eigenvalue weighted by atomic mass is 32.2. The number of likely N-dealkylation sites (N-methyl/N-ethyl adjacent to an activating group) is 1. The molecule has 0 saturated carbocycles. The van der Waals surface area contributed by atoms with E-state index < -0.39 is 0 Å². The molecule has 0 aromatic carbocycles. The summed E-state index contributed by atoms with van der Waals surface area (Å²) in [6.45, 7) is 73.4. The molecule has 0 bridgehead atoms. The Morgan fingerprint density at radius 2 is 1.07 bits per heavy atom. The molecule has 0 amide bonds. The minimum Gasteiger partial charge on any atom is -0.479 e. The van der Waals surface area contributed by atoms with Crippen LogP contribution in [0.25, 0.3) is 0 Å². The maximum atomic E-state index is 5.16. The van der Waals surface area contributed by atoms with E-state index >= 15 is 0 Å². The molecular formula is C66H141N9O3S3. The zero-order valence-electron chi connectivity index (χ0n) is 60.0. The molecule has 0 aromatic rings. The molecule has 2 atom stereocenters. The smallest absolute Gasteiger partial charge is 0.186 e. The second kappa shape index (κ2) is 71.9. The Morgan fingerprint density at radius 3 is 1.27 bits per heavy atom. The molecule has 2 unspecified atom stereocenters. The summed E-state index contributed by atoms with van der Waals surface area (Å²) < 4.78 is 13.5. The van der Waals surface area contributed by atoms with Gasteiger partial charge in [-0.05, 0) is 79.2 Å².